The molecule has 0 aromatic carbocycles. The predicted molar refractivity (Wildman–Crippen MR) is 65.1 cm³/mol. The Morgan fingerprint density at radius 1 is 1.47 bits per heavy atom. The molecule has 0 saturated heterocycles. The van der Waals surface area contributed by atoms with Gasteiger partial charge >= 0.3 is 0 Å². The highest BCUT2D eigenvalue weighted by Crippen LogP contribution is 2.22. The summed E-state index contributed by atoms with van der Waals surface area (Å²) in [4.78, 5) is 11.4. The Hall–Kier alpha value is -0.540. The van der Waals surface area contributed by atoms with Crippen molar-refractivity contribution >= 4 is 18.3 Å². The normalized spacial score (nSPS) is 17.6. The summed E-state index contributed by atoms with van der Waals surface area (Å²) >= 11 is 0. The maximum Gasteiger partial charge on any atom is 0.244 e. The first-order valence-electron chi connectivity index (χ1n) is 5.42. The highest BCUT2D eigenvalue weighted by Gasteiger charge is 2.08. The van der Waals surface area contributed by atoms with Gasteiger partial charge in [0.05, 0.1) is 0 Å². The van der Waals surface area contributed by atoms with Crippen LogP contribution >= 0.6 is 12.4 Å². The number of hydrogen-bond acceptors (Lipinski definition) is 2. The summed E-state index contributed by atoms with van der Waals surface area (Å²) in [5.41, 5.74) is 6.71. The van der Waals surface area contributed by atoms with Crippen LogP contribution in [0.5, 0.6) is 0 Å². The van der Waals surface area contributed by atoms with Crippen molar-refractivity contribution in [3.8, 4) is 0 Å². The molecular formula is C11H21ClN2O. The van der Waals surface area contributed by atoms with Crippen LogP contribution in [0.15, 0.2) is 11.6 Å². The van der Waals surface area contributed by atoms with Gasteiger partial charge in [0.15, 0.2) is 0 Å². The molecule has 0 spiro atoms. The molecule has 0 radical (unpaired) electrons. The third-order valence-corrected chi connectivity index (χ3v) is 2.57. The van der Waals surface area contributed by atoms with Crippen molar-refractivity contribution in [2.24, 2.45) is 5.73 Å². The zero-order chi connectivity index (χ0) is 10.4. The van der Waals surface area contributed by atoms with E-state index < -0.39 is 0 Å². The average molecular weight is 233 g/mol. The summed E-state index contributed by atoms with van der Waals surface area (Å²) < 4.78 is 0. The number of amides is 1. The van der Waals surface area contributed by atoms with Crippen molar-refractivity contribution < 1.29 is 4.79 Å². The number of carbonyl (C=O) groups is 1. The summed E-state index contributed by atoms with van der Waals surface area (Å²) in [6, 6.07) is 0.0722. The summed E-state index contributed by atoms with van der Waals surface area (Å²) in [7, 11) is 0. The summed E-state index contributed by atoms with van der Waals surface area (Å²) in [6.45, 7) is 2.41. The van der Waals surface area contributed by atoms with Gasteiger partial charge in [0.1, 0.15) is 0 Å². The molecular weight excluding hydrogens is 212 g/mol. The van der Waals surface area contributed by atoms with E-state index in [-0.39, 0.29) is 24.4 Å². The number of nitrogens with one attached hydrogen (secondary N) is 1. The second-order valence-electron chi connectivity index (χ2n) is 4.01. The van der Waals surface area contributed by atoms with E-state index in [1.807, 2.05) is 6.92 Å². The van der Waals surface area contributed by atoms with E-state index in [1.165, 1.54) is 24.8 Å². The highest BCUT2D eigenvalue weighted by molar-refractivity contribution is 5.88. The van der Waals surface area contributed by atoms with Crippen LogP contribution in [0.4, 0.5) is 0 Å². The number of nitrogens with two attached hydrogens (primary N) is 1. The lowest BCUT2D eigenvalue weighted by Gasteiger charge is -2.14. The Morgan fingerprint density at radius 3 is 2.60 bits per heavy atom. The molecule has 0 aromatic heterocycles. The van der Waals surface area contributed by atoms with Crippen LogP contribution in [-0.4, -0.2) is 18.5 Å². The predicted octanol–water partition coefficient (Wildman–Crippen LogP) is 1.76. The Labute approximate surface area is 97.9 Å². The third kappa shape index (κ3) is 5.80. The standard InChI is InChI=1S/C11H20N2O.ClH/c1-9(8-12)13-11(14)7-10-5-3-2-4-6-10;/h7,9H,2-6,8,12H2,1H3,(H,13,14);1H/t9-;/m1./s1. The van der Waals surface area contributed by atoms with Crippen molar-refractivity contribution in [1.29, 1.82) is 0 Å². The van der Waals surface area contributed by atoms with Crippen molar-refractivity contribution in [2.45, 2.75) is 45.1 Å². The zero-order valence-corrected chi connectivity index (χ0v) is 10.1. The van der Waals surface area contributed by atoms with E-state index in [4.69, 9.17) is 5.73 Å². The fourth-order valence-electron chi connectivity index (χ4n) is 1.68. The van der Waals surface area contributed by atoms with E-state index in [1.54, 1.807) is 6.08 Å². The lowest BCUT2D eigenvalue weighted by Crippen LogP contribution is -2.37. The van der Waals surface area contributed by atoms with Gasteiger partial charge in [-0.1, -0.05) is 12.0 Å². The van der Waals surface area contributed by atoms with Crippen LogP contribution in [-0.2, 0) is 4.79 Å². The molecule has 1 amide bonds. The molecule has 1 saturated carbocycles. The molecule has 4 heteroatoms. The maximum atomic E-state index is 11.4. The van der Waals surface area contributed by atoms with Crippen molar-refractivity contribution in [2.75, 3.05) is 6.54 Å². The van der Waals surface area contributed by atoms with E-state index in [9.17, 15) is 4.79 Å². The van der Waals surface area contributed by atoms with E-state index in [0.717, 1.165) is 12.8 Å². The summed E-state index contributed by atoms with van der Waals surface area (Å²) in [6.07, 6.45) is 7.69. The van der Waals surface area contributed by atoms with Gasteiger partial charge in [0, 0.05) is 18.7 Å². The summed E-state index contributed by atoms with van der Waals surface area (Å²) in [5, 5.41) is 2.84. The molecule has 0 aliphatic heterocycles. The zero-order valence-electron chi connectivity index (χ0n) is 9.29. The topological polar surface area (TPSA) is 55.1 Å². The van der Waals surface area contributed by atoms with Crippen LogP contribution in [0.2, 0.25) is 0 Å². The molecule has 0 heterocycles. The average Bonchev–Trinajstić information content (AvgIpc) is 2.19. The molecule has 0 unspecified atom stereocenters. The Morgan fingerprint density at radius 2 is 2.07 bits per heavy atom. The molecule has 1 aliphatic carbocycles. The SMILES string of the molecule is C[C@H](CN)NC(=O)C=C1CCCCC1.Cl. The number of allylic oxidation sites excluding steroid dienone is 1. The Balaban J connectivity index is 0.00000196. The molecule has 1 fully saturated rings. The second kappa shape index (κ2) is 7.71. The second-order valence-corrected chi connectivity index (χ2v) is 4.01. The van der Waals surface area contributed by atoms with Crippen molar-refractivity contribution in [1.82, 2.24) is 5.32 Å². The van der Waals surface area contributed by atoms with Gasteiger partial charge in [-0.2, -0.15) is 0 Å². The maximum absolute atomic E-state index is 11.4. The molecule has 1 atom stereocenters. The monoisotopic (exact) mass is 232 g/mol. The number of halogens is 1. The minimum absolute atomic E-state index is 0. The van der Waals surface area contributed by atoms with Gasteiger partial charge in [0.25, 0.3) is 0 Å². The minimum atomic E-state index is 0. The number of carbonyl (C=O) groups excluding carboxylic acids is 1. The lowest BCUT2D eigenvalue weighted by molar-refractivity contribution is -0.117. The van der Waals surface area contributed by atoms with E-state index in [0.29, 0.717) is 6.54 Å². The van der Waals surface area contributed by atoms with Gasteiger partial charge in [-0.05, 0) is 32.6 Å². The van der Waals surface area contributed by atoms with Gasteiger partial charge in [-0.15, -0.1) is 12.4 Å². The molecule has 88 valence electrons. The van der Waals surface area contributed by atoms with Crippen molar-refractivity contribution in [3.05, 3.63) is 11.6 Å². The molecule has 3 nitrogen and oxygen atoms in total. The van der Waals surface area contributed by atoms with E-state index >= 15 is 0 Å². The van der Waals surface area contributed by atoms with E-state index in [2.05, 4.69) is 5.32 Å². The van der Waals surface area contributed by atoms with Crippen molar-refractivity contribution in [3.63, 3.8) is 0 Å². The van der Waals surface area contributed by atoms with Crippen LogP contribution in [0.3, 0.4) is 0 Å². The Bertz CT molecular complexity index is 221. The van der Waals surface area contributed by atoms with Crippen LogP contribution in [0, 0.1) is 0 Å². The van der Waals surface area contributed by atoms with Gasteiger partial charge in [-0.3, -0.25) is 4.79 Å². The first-order chi connectivity index (χ1) is 6.72. The number of hydrogen-bond donors (Lipinski definition) is 2. The van der Waals surface area contributed by atoms with Crippen LogP contribution < -0.4 is 11.1 Å². The molecule has 3 N–H and O–H groups in total. The first kappa shape index (κ1) is 14.5. The molecule has 0 aromatic rings. The van der Waals surface area contributed by atoms with Crippen LogP contribution in [0.1, 0.15) is 39.0 Å². The smallest absolute Gasteiger partial charge is 0.244 e. The molecule has 1 rings (SSSR count). The Kier molecular flexibility index (Phi) is 7.44. The first-order valence-corrected chi connectivity index (χ1v) is 5.42. The molecule has 15 heavy (non-hydrogen) atoms. The largest absolute Gasteiger partial charge is 0.349 e. The summed E-state index contributed by atoms with van der Waals surface area (Å²) in [5.74, 6) is 0.0138. The third-order valence-electron chi connectivity index (χ3n) is 2.57. The van der Waals surface area contributed by atoms with Crippen LogP contribution in [0.25, 0.3) is 0 Å². The lowest BCUT2D eigenvalue weighted by atomic mass is 9.94. The van der Waals surface area contributed by atoms with Gasteiger partial charge in [0.2, 0.25) is 5.91 Å². The minimum Gasteiger partial charge on any atom is -0.349 e. The number of rotatable bonds is 3. The molecule has 0 bridgehead atoms. The van der Waals surface area contributed by atoms with Gasteiger partial charge in [-0.25, -0.2) is 0 Å². The highest BCUT2D eigenvalue weighted by atomic mass is 35.5. The van der Waals surface area contributed by atoms with Gasteiger partial charge < -0.3 is 11.1 Å². The fourth-order valence-corrected chi connectivity index (χ4v) is 1.68. The quantitative estimate of drug-likeness (QED) is 0.729. The fraction of sp³-hybridized carbons (Fsp3) is 0.727. The molecule has 1 aliphatic rings.